The fourth-order valence-corrected chi connectivity index (χ4v) is 0.492. The van der Waals surface area contributed by atoms with E-state index in [1.165, 1.54) is 6.92 Å². The first kappa shape index (κ1) is 6.07. The molecule has 1 rings (SSSR count). The minimum atomic E-state index is -0.751. The predicted octanol–water partition coefficient (Wildman–Crippen LogP) is -0.320. The monoisotopic (exact) mass is 130 g/mol. The molecule has 1 aliphatic heterocycles. The summed E-state index contributed by atoms with van der Waals surface area (Å²) >= 11 is 0. The van der Waals surface area contributed by atoms with Crippen LogP contribution in [0, 0.1) is 5.92 Å². The molecule has 1 fully saturated rings. The molecule has 1 heterocycles. The highest BCUT2D eigenvalue weighted by Crippen LogP contribution is 2.06. The molecule has 1 saturated heterocycles. The van der Waals surface area contributed by atoms with E-state index in [1.807, 2.05) is 0 Å². The van der Waals surface area contributed by atoms with Crippen LogP contribution in [0.5, 0.6) is 0 Å². The van der Waals surface area contributed by atoms with Gasteiger partial charge in [0, 0.05) is 0 Å². The smallest absolute Gasteiger partial charge is 0.322 e. The van der Waals surface area contributed by atoms with Gasteiger partial charge in [-0.3, -0.25) is 9.59 Å². The van der Waals surface area contributed by atoms with Gasteiger partial charge in [-0.15, -0.1) is 0 Å². The maximum absolute atomic E-state index is 10.5. The van der Waals surface area contributed by atoms with Crippen LogP contribution in [-0.4, -0.2) is 18.7 Å². The van der Waals surface area contributed by atoms with E-state index in [-0.39, 0.29) is 6.79 Å². The zero-order valence-electron chi connectivity index (χ0n) is 4.92. The Kier molecular flexibility index (Phi) is 1.38. The van der Waals surface area contributed by atoms with Crippen LogP contribution in [0.15, 0.2) is 0 Å². The van der Waals surface area contributed by atoms with E-state index >= 15 is 0 Å². The Bertz CT molecular complexity index is 135. The molecule has 0 saturated carbocycles. The first-order chi connectivity index (χ1) is 4.22. The highest BCUT2D eigenvalue weighted by Gasteiger charge is 2.28. The molecule has 9 heavy (non-hydrogen) atoms. The Morgan fingerprint density at radius 2 is 1.78 bits per heavy atom. The number of hydrogen-bond acceptors (Lipinski definition) is 4. The van der Waals surface area contributed by atoms with Gasteiger partial charge in [-0.2, -0.15) is 0 Å². The predicted molar refractivity (Wildman–Crippen MR) is 26.2 cm³/mol. The highest BCUT2D eigenvalue weighted by atomic mass is 16.7. The summed E-state index contributed by atoms with van der Waals surface area (Å²) in [7, 11) is 0. The second kappa shape index (κ2) is 2.05. The first-order valence-electron chi connectivity index (χ1n) is 2.55. The zero-order valence-corrected chi connectivity index (χ0v) is 4.92. The Labute approximate surface area is 51.7 Å². The standard InChI is InChI=1S/C5H6O4/c1-3-4(6)8-2-9-5(3)7/h3H,2H2,1H3. The van der Waals surface area contributed by atoms with E-state index in [9.17, 15) is 9.59 Å². The van der Waals surface area contributed by atoms with Crippen molar-refractivity contribution in [2.45, 2.75) is 6.92 Å². The molecule has 0 aliphatic carbocycles. The van der Waals surface area contributed by atoms with Gasteiger partial charge in [-0.05, 0) is 6.92 Å². The van der Waals surface area contributed by atoms with Crippen molar-refractivity contribution in [3.05, 3.63) is 0 Å². The lowest BCUT2D eigenvalue weighted by Crippen LogP contribution is -2.32. The maximum Gasteiger partial charge on any atom is 0.322 e. The van der Waals surface area contributed by atoms with Gasteiger partial charge < -0.3 is 9.47 Å². The van der Waals surface area contributed by atoms with Gasteiger partial charge >= 0.3 is 11.9 Å². The lowest BCUT2D eigenvalue weighted by Gasteiger charge is -2.15. The lowest BCUT2D eigenvalue weighted by molar-refractivity contribution is -0.188. The summed E-state index contributed by atoms with van der Waals surface area (Å²) < 4.78 is 8.76. The van der Waals surface area contributed by atoms with E-state index < -0.39 is 17.9 Å². The van der Waals surface area contributed by atoms with E-state index in [0.717, 1.165) is 0 Å². The molecule has 0 aromatic heterocycles. The Hall–Kier alpha value is -1.06. The van der Waals surface area contributed by atoms with E-state index in [2.05, 4.69) is 9.47 Å². The van der Waals surface area contributed by atoms with Gasteiger partial charge in [0.1, 0.15) is 0 Å². The van der Waals surface area contributed by atoms with Crippen molar-refractivity contribution in [3.63, 3.8) is 0 Å². The van der Waals surface area contributed by atoms with Gasteiger partial charge in [0.25, 0.3) is 0 Å². The van der Waals surface area contributed by atoms with Crippen LogP contribution in [0.3, 0.4) is 0 Å². The molecule has 0 bridgehead atoms. The highest BCUT2D eigenvalue weighted by molar-refractivity contribution is 5.95. The summed E-state index contributed by atoms with van der Waals surface area (Å²) in [5, 5.41) is 0. The number of ether oxygens (including phenoxy) is 2. The molecule has 50 valence electrons. The summed E-state index contributed by atoms with van der Waals surface area (Å²) in [6.07, 6.45) is 0. The van der Waals surface area contributed by atoms with Crippen LogP contribution >= 0.6 is 0 Å². The van der Waals surface area contributed by atoms with Gasteiger partial charge in [0.05, 0.1) is 0 Å². The summed E-state index contributed by atoms with van der Waals surface area (Å²) in [4.78, 5) is 21.0. The third kappa shape index (κ3) is 1.01. The first-order valence-corrected chi connectivity index (χ1v) is 2.55. The number of cyclic esters (lactones) is 2. The number of carbonyl (C=O) groups is 2. The van der Waals surface area contributed by atoms with E-state index in [4.69, 9.17) is 0 Å². The Morgan fingerprint density at radius 1 is 1.33 bits per heavy atom. The fourth-order valence-electron chi connectivity index (χ4n) is 0.492. The van der Waals surface area contributed by atoms with Crippen LogP contribution in [0.2, 0.25) is 0 Å². The van der Waals surface area contributed by atoms with E-state index in [0.29, 0.717) is 0 Å². The SMILES string of the molecule is CC1C(=O)OCOC1=O. The molecule has 0 aromatic carbocycles. The minimum Gasteiger partial charge on any atom is -0.427 e. The summed E-state index contributed by atoms with van der Waals surface area (Å²) in [5.41, 5.74) is 0. The van der Waals surface area contributed by atoms with Crippen molar-refractivity contribution in [2.24, 2.45) is 5.92 Å². The molecule has 0 N–H and O–H groups in total. The summed E-state index contributed by atoms with van der Waals surface area (Å²) in [6.45, 7) is 1.21. The maximum atomic E-state index is 10.5. The largest absolute Gasteiger partial charge is 0.427 e. The third-order valence-corrected chi connectivity index (χ3v) is 1.11. The van der Waals surface area contributed by atoms with Gasteiger partial charge in [-0.25, -0.2) is 0 Å². The van der Waals surface area contributed by atoms with Crippen molar-refractivity contribution in [1.29, 1.82) is 0 Å². The molecule has 0 aromatic rings. The average Bonchev–Trinajstić information content (AvgIpc) is 1.83. The molecule has 0 atom stereocenters. The second-order valence-corrected chi connectivity index (χ2v) is 1.77. The third-order valence-electron chi connectivity index (χ3n) is 1.11. The summed E-state index contributed by atoms with van der Waals surface area (Å²) in [6, 6.07) is 0. The number of hydrogen-bond donors (Lipinski definition) is 0. The molecule has 0 radical (unpaired) electrons. The van der Waals surface area contributed by atoms with Crippen LogP contribution < -0.4 is 0 Å². The number of rotatable bonds is 0. The molecule has 4 nitrogen and oxygen atoms in total. The molecule has 0 spiro atoms. The molecular formula is C5H6O4. The van der Waals surface area contributed by atoms with Gasteiger partial charge in [0.2, 0.25) is 6.79 Å². The minimum absolute atomic E-state index is 0.234. The van der Waals surface area contributed by atoms with Crippen LogP contribution in [-0.2, 0) is 19.1 Å². The van der Waals surface area contributed by atoms with Gasteiger partial charge in [-0.1, -0.05) is 0 Å². The quantitative estimate of drug-likeness (QED) is 0.333. The van der Waals surface area contributed by atoms with Crippen LogP contribution in [0.25, 0.3) is 0 Å². The Balaban J connectivity index is 2.62. The number of carbonyl (C=O) groups excluding carboxylic acids is 2. The molecule has 0 unspecified atom stereocenters. The zero-order chi connectivity index (χ0) is 6.85. The normalized spacial score (nSPS) is 21.0. The molecule has 1 aliphatic rings. The lowest BCUT2D eigenvalue weighted by atomic mass is 10.2. The van der Waals surface area contributed by atoms with Crippen LogP contribution in [0.4, 0.5) is 0 Å². The molecule has 4 heteroatoms. The van der Waals surface area contributed by atoms with E-state index in [1.54, 1.807) is 0 Å². The van der Waals surface area contributed by atoms with Crippen molar-refractivity contribution in [2.75, 3.05) is 6.79 Å². The fraction of sp³-hybridized carbons (Fsp3) is 0.600. The average molecular weight is 130 g/mol. The second-order valence-electron chi connectivity index (χ2n) is 1.77. The van der Waals surface area contributed by atoms with Crippen LogP contribution in [0.1, 0.15) is 6.92 Å². The van der Waals surface area contributed by atoms with Crippen molar-refractivity contribution in [3.8, 4) is 0 Å². The number of esters is 2. The topological polar surface area (TPSA) is 52.6 Å². The Morgan fingerprint density at radius 3 is 2.11 bits per heavy atom. The van der Waals surface area contributed by atoms with Crippen molar-refractivity contribution < 1.29 is 19.1 Å². The van der Waals surface area contributed by atoms with Gasteiger partial charge in [0.15, 0.2) is 5.92 Å². The van der Waals surface area contributed by atoms with Crippen molar-refractivity contribution in [1.82, 2.24) is 0 Å². The molecule has 0 amide bonds. The molecular weight excluding hydrogens is 124 g/mol. The van der Waals surface area contributed by atoms with Crippen molar-refractivity contribution >= 4 is 11.9 Å². The summed E-state index contributed by atoms with van der Waals surface area (Å²) in [5.74, 6) is -1.77.